The number of hydrogen-bond donors (Lipinski definition) is 1. The third kappa shape index (κ3) is 4.61. The molecule has 33 heavy (non-hydrogen) atoms. The minimum atomic E-state index is -1.29. The number of nitrogens with one attached hydrogen (secondary N) is 1. The summed E-state index contributed by atoms with van der Waals surface area (Å²) in [6, 6.07) is 5.24. The van der Waals surface area contributed by atoms with E-state index in [1.54, 1.807) is 32.0 Å². The maximum atomic E-state index is 13.7. The molecule has 1 aromatic carbocycles. The van der Waals surface area contributed by atoms with E-state index in [1.165, 1.54) is 23.8 Å². The summed E-state index contributed by atoms with van der Waals surface area (Å²) in [5, 5.41) is 14.0. The van der Waals surface area contributed by atoms with Gasteiger partial charge in [0.25, 0.3) is 5.91 Å². The monoisotopic (exact) mass is 486 g/mol. The van der Waals surface area contributed by atoms with E-state index in [4.69, 9.17) is 9.47 Å². The first kappa shape index (κ1) is 27.8. The van der Waals surface area contributed by atoms with Gasteiger partial charge in [0.2, 0.25) is 5.91 Å². The third-order valence-electron chi connectivity index (χ3n) is 6.37. The first-order valence-corrected chi connectivity index (χ1v) is 11.6. The summed E-state index contributed by atoms with van der Waals surface area (Å²) < 4.78 is 11.0. The Morgan fingerprint density at radius 1 is 1.15 bits per heavy atom. The van der Waals surface area contributed by atoms with Gasteiger partial charge in [0.05, 0.1) is 19.1 Å². The van der Waals surface area contributed by atoms with Crippen molar-refractivity contribution < 1.29 is 58.5 Å². The van der Waals surface area contributed by atoms with Gasteiger partial charge in [0.15, 0.2) is 17.1 Å². The van der Waals surface area contributed by atoms with Crippen LogP contribution in [0.1, 0.15) is 41.5 Å². The van der Waals surface area contributed by atoms with E-state index < -0.39 is 45.6 Å². The molecule has 2 amide bonds. The van der Waals surface area contributed by atoms with Crippen molar-refractivity contribution in [2.24, 2.45) is 11.8 Å². The van der Waals surface area contributed by atoms with Gasteiger partial charge in [-0.2, -0.15) is 0 Å². The SMILES string of the molecule is COc1ccccc1OC(C(=O)N[C@@H]1C(=O)N2[C@@H]1SC(C)(C)[C@@H]2C(=O)[O-])(C(C)C)C(C)C.[Na+]. The van der Waals surface area contributed by atoms with Gasteiger partial charge in [0.1, 0.15) is 11.4 Å². The molecule has 0 bridgehead atoms. The number of carboxylic acid groups (broad SMARTS) is 1. The molecular weight excluding hydrogens is 455 g/mol. The number of carbonyl (C=O) groups excluding carboxylic acids is 3. The number of carboxylic acids is 1. The zero-order valence-electron chi connectivity index (χ0n) is 20.5. The number of thioether (sulfide) groups is 1. The standard InChI is InChI=1S/C23H32N2O6S.Na/c1-12(2)23(13(3)4,31-15-11-9-8-10-14(15)30-7)21(29)24-16-18(26)25-17(20(27)28)22(5,6)32-19(16)25;/h8-13,16-17,19H,1-7H3,(H,24,29)(H,27,28);/q;+1/p-1/t16-,17+,19-;/m1./s1. The number of nitrogens with zero attached hydrogens (tertiary/aromatic N) is 1. The van der Waals surface area contributed by atoms with Gasteiger partial charge in [0, 0.05) is 16.6 Å². The number of aliphatic carboxylic acids is 1. The maximum absolute atomic E-state index is 13.7. The van der Waals surface area contributed by atoms with E-state index in [-0.39, 0.29) is 41.4 Å². The fraction of sp³-hybridized carbons (Fsp3) is 0.609. The Bertz CT molecular complexity index is 914. The molecule has 2 fully saturated rings. The van der Waals surface area contributed by atoms with Crippen molar-refractivity contribution in [1.29, 1.82) is 0 Å². The van der Waals surface area contributed by atoms with Gasteiger partial charge in [-0.05, 0) is 26.0 Å². The van der Waals surface area contributed by atoms with Gasteiger partial charge in [-0.3, -0.25) is 9.59 Å². The van der Waals surface area contributed by atoms with Crippen molar-refractivity contribution in [2.45, 2.75) is 69.3 Å². The van der Waals surface area contributed by atoms with Crippen molar-refractivity contribution in [3.8, 4) is 11.5 Å². The number of amides is 2. The van der Waals surface area contributed by atoms with Crippen LogP contribution in [0.25, 0.3) is 0 Å². The molecule has 2 saturated heterocycles. The van der Waals surface area contributed by atoms with Gasteiger partial charge in [-0.25, -0.2) is 0 Å². The minimum absolute atomic E-state index is 0. The van der Waals surface area contributed by atoms with Crippen molar-refractivity contribution >= 4 is 29.5 Å². The second-order valence-electron chi connectivity index (χ2n) is 9.39. The molecule has 0 radical (unpaired) electrons. The van der Waals surface area contributed by atoms with Crippen LogP contribution in [0.5, 0.6) is 11.5 Å². The van der Waals surface area contributed by atoms with Gasteiger partial charge < -0.3 is 29.6 Å². The Morgan fingerprint density at radius 2 is 1.70 bits per heavy atom. The number of carbonyl (C=O) groups is 3. The number of methoxy groups -OCH3 is 1. The normalized spacial score (nSPS) is 23.5. The first-order valence-electron chi connectivity index (χ1n) is 10.7. The molecule has 3 atom stereocenters. The van der Waals surface area contributed by atoms with E-state index in [0.717, 1.165) is 0 Å². The second kappa shape index (κ2) is 10.1. The van der Waals surface area contributed by atoms with E-state index in [1.807, 2.05) is 33.8 Å². The zero-order valence-corrected chi connectivity index (χ0v) is 23.3. The molecule has 0 aromatic heterocycles. The Balaban J connectivity index is 0.00000385. The van der Waals surface area contributed by atoms with Crippen LogP contribution in [0.15, 0.2) is 24.3 Å². The first-order chi connectivity index (χ1) is 14.9. The minimum Gasteiger partial charge on any atom is -0.548 e. The molecule has 1 N–H and O–H groups in total. The molecule has 0 aliphatic carbocycles. The van der Waals surface area contributed by atoms with E-state index in [2.05, 4.69) is 5.32 Å². The van der Waals surface area contributed by atoms with Crippen LogP contribution in [0.3, 0.4) is 0 Å². The summed E-state index contributed by atoms with van der Waals surface area (Å²) in [4.78, 5) is 39.5. The molecule has 10 heteroatoms. The van der Waals surface area contributed by atoms with Crippen molar-refractivity contribution in [3.63, 3.8) is 0 Å². The van der Waals surface area contributed by atoms with Crippen LogP contribution < -0.4 is 49.5 Å². The van der Waals surface area contributed by atoms with Crippen LogP contribution in [0.4, 0.5) is 0 Å². The van der Waals surface area contributed by atoms with Gasteiger partial charge in [-0.1, -0.05) is 39.8 Å². The Hall–Kier alpha value is -1.42. The zero-order chi connectivity index (χ0) is 24.0. The molecule has 0 saturated carbocycles. The number of rotatable bonds is 8. The average Bonchev–Trinajstić information content (AvgIpc) is 2.97. The maximum Gasteiger partial charge on any atom is 1.00 e. The number of para-hydroxylation sites is 2. The summed E-state index contributed by atoms with van der Waals surface area (Å²) in [5.74, 6) is -1.66. The number of β-lactam (4-membered cyclic amide) rings is 1. The second-order valence-corrected chi connectivity index (χ2v) is 11.2. The Kier molecular flexibility index (Phi) is 8.48. The van der Waals surface area contributed by atoms with Crippen LogP contribution in [0.2, 0.25) is 0 Å². The van der Waals surface area contributed by atoms with Crippen molar-refractivity contribution in [2.75, 3.05) is 7.11 Å². The largest absolute Gasteiger partial charge is 1.00 e. The molecular formula is C23H31N2NaO6S. The summed E-state index contributed by atoms with van der Waals surface area (Å²) in [5.41, 5.74) is -1.28. The van der Waals surface area contributed by atoms with Crippen LogP contribution in [-0.2, 0) is 14.4 Å². The molecule has 0 spiro atoms. The van der Waals surface area contributed by atoms with E-state index >= 15 is 0 Å². The van der Waals surface area contributed by atoms with E-state index in [0.29, 0.717) is 11.5 Å². The van der Waals surface area contributed by atoms with Gasteiger partial charge >= 0.3 is 29.6 Å². The predicted octanol–water partition coefficient (Wildman–Crippen LogP) is -1.57. The molecule has 1 aromatic rings. The number of fused-ring (bicyclic) bond motifs is 1. The molecule has 2 aliphatic heterocycles. The number of ether oxygens (including phenoxy) is 2. The predicted molar refractivity (Wildman–Crippen MR) is 119 cm³/mol. The fourth-order valence-corrected chi connectivity index (χ4v) is 6.36. The summed E-state index contributed by atoms with van der Waals surface area (Å²) >= 11 is 1.35. The third-order valence-corrected chi connectivity index (χ3v) is 7.94. The van der Waals surface area contributed by atoms with Crippen molar-refractivity contribution in [1.82, 2.24) is 10.2 Å². The van der Waals surface area contributed by atoms with E-state index in [9.17, 15) is 19.5 Å². The smallest absolute Gasteiger partial charge is 0.548 e. The molecule has 176 valence electrons. The molecule has 0 unspecified atom stereocenters. The molecule has 2 aliphatic rings. The Labute approximate surface area is 221 Å². The summed E-state index contributed by atoms with van der Waals surface area (Å²) in [6.07, 6.45) is 0. The fourth-order valence-electron chi connectivity index (χ4n) is 4.74. The molecule has 3 rings (SSSR count). The summed E-state index contributed by atoms with van der Waals surface area (Å²) in [7, 11) is 1.53. The average molecular weight is 487 g/mol. The van der Waals surface area contributed by atoms with Crippen LogP contribution in [0, 0.1) is 11.8 Å². The molecule has 8 nitrogen and oxygen atoms in total. The quantitative estimate of drug-likeness (QED) is 0.349. The van der Waals surface area contributed by atoms with Gasteiger partial charge in [-0.15, -0.1) is 11.8 Å². The Morgan fingerprint density at radius 3 is 2.18 bits per heavy atom. The number of hydrogen-bond acceptors (Lipinski definition) is 7. The van der Waals surface area contributed by atoms with Crippen molar-refractivity contribution in [3.05, 3.63) is 24.3 Å². The topological polar surface area (TPSA) is 108 Å². The summed E-state index contributed by atoms with van der Waals surface area (Å²) in [6.45, 7) is 11.1. The number of benzene rings is 1. The van der Waals surface area contributed by atoms with Crippen LogP contribution >= 0.6 is 11.8 Å². The molecule has 2 heterocycles. The van der Waals surface area contributed by atoms with Crippen LogP contribution in [-0.4, -0.2) is 57.6 Å².